The van der Waals surface area contributed by atoms with Gasteiger partial charge < -0.3 is 10.6 Å². The minimum atomic E-state index is -4.38. The molecule has 0 atom stereocenters. The van der Waals surface area contributed by atoms with Crippen LogP contribution in [0.4, 0.5) is 13.2 Å². The molecule has 0 saturated carbocycles. The van der Waals surface area contributed by atoms with Crippen LogP contribution in [0.2, 0.25) is 0 Å². The molecule has 0 fully saturated rings. The number of hydrogen-bond donors (Lipinski definition) is 2. The fraction of sp³-hybridized carbons (Fsp3) is 0.429. The third-order valence-electron chi connectivity index (χ3n) is 2.82. The van der Waals surface area contributed by atoms with Crippen molar-refractivity contribution >= 4 is 52.6 Å². The summed E-state index contributed by atoms with van der Waals surface area (Å²) >= 11 is 2.64. The van der Waals surface area contributed by atoms with Gasteiger partial charge in [0.1, 0.15) is 0 Å². The zero-order valence-electron chi connectivity index (χ0n) is 12.9. The average molecular weight is 490 g/mol. The van der Waals surface area contributed by atoms with Crippen molar-refractivity contribution in [3.63, 3.8) is 0 Å². The molecule has 2 rings (SSSR count). The van der Waals surface area contributed by atoms with Crippen molar-refractivity contribution in [3.8, 4) is 0 Å². The maximum absolute atomic E-state index is 12.5. The molecule has 2 heterocycles. The Hall–Kier alpha value is -0.880. The van der Waals surface area contributed by atoms with Crippen molar-refractivity contribution in [1.82, 2.24) is 15.6 Å². The smallest absolute Gasteiger partial charge is 0.357 e. The Morgan fingerprint density at radius 2 is 2.08 bits per heavy atom. The Morgan fingerprint density at radius 1 is 1.29 bits per heavy atom. The monoisotopic (exact) mass is 490 g/mol. The third-order valence-corrected chi connectivity index (χ3v) is 4.46. The highest BCUT2D eigenvalue weighted by Crippen LogP contribution is 2.29. The summed E-state index contributed by atoms with van der Waals surface area (Å²) in [4.78, 5) is 8.04. The van der Waals surface area contributed by atoms with E-state index in [1.807, 2.05) is 23.8 Å². The first-order valence-electron chi connectivity index (χ1n) is 7.04. The van der Waals surface area contributed by atoms with Crippen molar-refractivity contribution < 1.29 is 13.2 Å². The van der Waals surface area contributed by atoms with Gasteiger partial charge in [0.05, 0.1) is 11.6 Å². The minimum absolute atomic E-state index is 0. The lowest BCUT2D eigenvalue weighted by Gasteiger charge is -2.10. The molecule has 2 aromatic heterocycles. The van der Waals surface area contributed by atoms with Crippen LogP contribution in [0.15, 0.2) is 27.2 Å². The molecule has 0 aliphatic carbocycles. The Bertz CT molecular complexity index is 626. The zero-order chi connectivity index (χ0) is 16.7. The molecule has 0 saturated heterocycles. The van der Waals surface area contributed by atoms with E-state index in [2.05, 4.69) is 20.6 Å². The lowest BCUT2D eigenvalue weighted by atomic mass is 10.3. The molecule has 2 N–H and O–H groups in total. The van der Waals surface area contributed by atoms with Crippen LogP contribution < -0.4 is 10.6 Å². The lowest BCUT2D eigenvalue weighted by molar-refractivity contribution is -0.140. The van der Waals surface area contributed by atoms with E-state index in [1.165, 1.54) is 0 Å². The van der Waals surface area contributed by atoms with E-state index in [9.17, 15) is 13.2 Å². The Kier molecular flexibility index (Phi) is 8.98. The van der Waals surface area contributed by atoms with Gasteiger partial charge >= 0.3 is 6.18 Å². The lowest BCUT2D eigenvalue weighted by Crippen LogP contribution is -2.38. The van der Waals surface area contributed by atoms with E-state index < -0.39 is 11.9 Å². The van der Waals surface area contributed by atoms with Crippen LogP contribution in [0, 0.1) is 0 Å². The maximum Gasteiger partial charge on any atom is 0.434 e. The highest BCUT2D eigenvalue weighted by atomic mass is 127. The van der Waals surface area contributed by atoms with Gasteiger partial charge in [-0.05, 0) is 29.3 Å². The molecule has 0 amide bonds. The number of alkyl halides is 3. The molecule has 0 aliphatic rings. The number of aromatic nitrogens is 1. The number of thiazole rings is 1. The predicted octanol–water partition coefficient (Wildman–Crippen LogP) is 4.14. The number of hydrogen-bond acceptors (Lipinski definition) is 4. The molecular formula is C14H18F3IN4S2. The van der Waals surface area contributed by atoms with Crippen LogP contribution in [0.5, 0.6) is 0 Å². The van der Waals surface area contributed by atoms with E-state index in [4.69, 9.17) is 0 Å². The molecule has 10 heteroatoms. The molecular weight excluding hydrogens is 472 g/mol. The Labute approximate surface area is 163 Å². The van der Waals surface area contributed by atoms with E-state index in [1.54, 1.807) is 11.3 Å². The number of nitrogens with zero attached hydrogens (tertiary/aromatic N) is 2. The highest BCUT2D eigenvalue weighted by Gasteiger charge is 2.33. The summed E-state index contributed by atoms with van der Waals surface area (Å²) in [7, 11) is 0. The number of rotatable bonds is 6. The second kappa shape index (κ2) is 10.2. The molecule has 0 spiro atoms. The first kappa shape index (κ1) is 21.2. The van der Waals surface area contributed by atoms with E-state index in [0.717, 1.165) is 22.3 Å². The predicted molar refractivity (Wildman–Crippen MR) is 103 cm³/mol. The van der Waals surface area contributed by atoms with Crippen LogP contribution in [0.3, 0.4) is 0 Å². The summed E-state index contributed by atoms with van der Waals surface area (Å²) in [5.41, 5.74) is 0.303. The minimum Gasteiger partial charge on any atom is -0.357 e. The number of thiophene rings is 1. The quantitative estimate of drug-likeness (QED) is 0.364. The number of halogens is 4. The summed E-state index contributed by atoms with van der Waals surface area (Å²) in [5, 5.41) is 11.7. The van der Waals surface area contributed by atoms with Crippen molar-refractivity contribution in [2.45, 2.75) is 26.1 Å². The molecule has 24 heavy (non-hydrogen) atoms. The van der Waals surface area contributed by atoms with Crippen molar-refractivity contribution in [1.29, 1.82) is 0 Å². The van der Waals surface area contributed by atoms with E-state index in [-0.39, 0.29) is 24.0 Å². The van der Waals surface area contributed by atoms with Gasteiger partial charge in [0, 0.05) is 24.9 Å². The second-order valence-electron chi connectivity index (χ2n) is 4.63. The third kappa shape index (κ3) is 6.93. The normalized spacial score (nSPS) is 11.9. The summed E-state index contributed by atoms with van der Waals surface area (Å²) in [6, 6.07) is 2.01. The second-order valence-corrected chi connectivity index (χ2v) is 6.35. The molecule has 2 aromatic rings. The Morgan fingerprint density at radius 3 is 2.67 bits per heavy atom. The van der Waals surface area contributed by atoms with Gasteiger partial charge in [-0.15, -0.1) is 35.3 Å². The van der Waals surface area contributed by atoms with E-state index in [0.29, 0.717) is 37.0 Å². The molecule has 0 aliphatic heterocycles. The van der Waals surface area contributed by atoms with Crippen LogP contribution in [0.1, 0.15) is 23.2 Å². The standard InChI is InChI=1S/C14H17F3N4S2.HI/c1-2-18-13(20-7-10-4-6-22-8-10)19-5-3-12-21-11(9-23-12)14(15,16)17;/h4,6,8-9H,2-3,5,7H2,1H3,(H2,18,19,20);1H. The number of aliphatic imine (C=N–C) groups is 1. The number of nitrogens with one attached hydrogen (secondary N) is 2. The summed E-state index contributed by atoms with van der Waals surface area (Å²) < 4.78 is 37.5. The van der Waals surface area contributed by atoms with Crippen LogP contribution in [-0.4, -0.2) is 24.0 Å². The fourth-order valence-electron chi connectivity index (χ4n) is 1.74. The highest BCUT2D eigenvalue weighted by molar-refractivity contribution is 14.0. The van der Waals surface area contributed by atoms with Crippen molar-refractivity contribution in [2.75, 3.05) is 13.1 Å². The topological polar surface area (TPSA) is 49.3 Å². The van der Waals surface area contributed by atoms with Gasteiger partial charge in [0.15, 0.2) is 11.7 Å². The summed E-state index contributed by atoms with van der Waals surface area (Å²) in [5.74, 6) is 0.645. The van der Waals surface area contributed by atoms with Crippen molar-refractivity contribution in [3.05, 3.63) is 38.5 Å². The van der Waals surface area contributed by atoms with Gasteiger partial charge in [0.25, 0.3) is 0 Å². The molecule has 0 radical (unpaired) electrons. The fourth-order valence-corrected chi connectivity index (χ4v) is 3.20. The van der Waals surface area contributed by atoms with Crippen LogP contribution in [0.25, 0.3) is 0 Å². The van der Waals surface area contributed by atoms with Gasteiger partial charge in [0.2, 0.25) is 0 Å². The molecule has 4 nitrogen and oxygen atoms in total. The molecule has 0 unspecified atom stereocenters. The van der Waals surface area contributed by atoms with Crippen LogP contribution in [-0.2, 0) is 19.1 Å². The summed E-state index contributed by atoms with van der Waals surface area (Å²) in [6.07, 6.45) is -3.96. The number of guanidine groups is 1. The molecule has 0 bridgehead atoms. The van der Waals surface area contributed by atoms with Gasteiger partial charge in [-0.25, -0.2) is 9.98 Å². The average Bonchev–Trinajstić information content (AvgIpc) is 3.15. The SMILES string of the molecule is CCNC(=NCc1ccsc1)NCCc1nc(C(F)(F)F)cs1.I. The van der Waals surface area contributed by atoms with Crippen molar-refractivity contribution in [2.24, 2.45) is 4.99 Å². The van der Waals surface area contributed by atoms with Gasteiger partial charge in [-0.3, -0.25) is 0 Å². The zero-order valence-corrected chi connectivity index (χ0v) is 16.9. The van der Waals surface area contributed by atoms with Gasteiger partial charge in [-0.2, -0.15) is 24.5 Å². The summed E-state index contributed by atoms with van der Waals surface area (Å²) in [6.45, 7) is 3.71. The maximum atomic E-state index is 12.5. The first-order chi connectivity index (χ1) is 11.0. The largest absolute Gasteiger partial charge is 0.434 e. The first-order valence-corrected chi connectivity index (χ1v) is 8.86. The van der Waals surface area contributed by atoms with E-state index >= 15 is 0 Å². The Balaban J connectivity index is 0.00000288. The van der Waals surface area contributed by atoms with Crippen LogP contribution >= 0.6 is 46.7 Å². The molecule has 0 aromatic carbocycles. The molecule has 134 valence electrons. The van der Waals surface area contributed by atoms with Gasteiger partial charge in [-0.1, -0.05) is 0 Å².